The summed E-state index contributed by atoms with van der Waals surface area (Å²) in [4.78, 5) is 12.2. The number of nitrogens with zero attached hydrogens (tertiary/aromatic N) is 1. The molecule has 5 nitrogen and oxygen atoms in total. The fourth-order valence-corrected chi connectivity index (χ4v) is 3.69. The Morgan fingerprint density at radius 2 is 2.16 bits per heavy atom. The lowest BCUT2D eigenvalue weighted by atomic mass is 10.0. The molecule has 3 rings (SSSR count). The van der Waals surface area contributed by atoms with Crippen LogP contribution >= 0.6 is 34.7 Å². The second-order valence-electron chi connectivity index (χ2n) is 5.98. The molecular weight excluding hydrogens is 383 g/mol. The Kier molecular flexibility index (Phi) is 5.65. The van der Waals surface area contributed by atoms with Gasteiger partial charge in [-0.1, -0.05) is 35.9 Å². The van der Waals surface area contributed by atoms with Gasteiger partial charge in [0, 0.05) is 5.56 Å². The minimum Gasteiger partial charge on any atom is -0.343 e. The number of anilines is 1. The molecule has 2 heterocycles. The van der Waals surface area contributed by atoms with E-state index in [1.165, 1.54) is 11.5 Å². The number of aryl methyl sites for hydroxylation is 1. The number of hydrogen-bond donors (Lipinski definition) is 1. The maximum absolute atomic E-state index is 12.2. The zero-order chi connectivity index (χ0) is 18.0. The molecule has 1 fully saturated rings. The van der Waals surface area contributed by atoms with Crippen molar-refractivity contribution < 1.29 is 14.3 Å². The summed E-state index contributed by atoms with van der Waals surface area (Å²) in [5.41, 5.74) is 2.49. The zero-order valence-electron chi connectivity index (χ0n) is 13.8. The SMILES string of the molecule is Cc1nsc(NC(=O)Cc2ccc(C3(C)OCC(CCl)O3)cc2)c1Cl. The van der Waals surface area contributed by atoms with Crippen LogP contribution in [0, 0.1) is 6.92 Å². The van der Waals surface area contributed by atoms with Gasteiger partial charge in [-0.15, -0.1) is 11.6 Å². The number of nitrogens with one attached hydrogen (secondary N) is 1. The van der Waals surface area contributed by atoms with E-state index >= 15 is 0 Å². The number of aromatic nitrogens is 1. The summed E-state index contributed by atoms with van der Waals surface area (Å²) in [5.74, 6) is -0.540. The normalized spacial score (nSPS) is 23.0. The molecular formula is C17H18Cl2N2O3S. The molecule has 1 aliphatic heterocycles. The van der Waals surface area contributed by atoms with Crippen molar-refractivity contribution in [2.75, 3.05) is 17.8 Å². The number of alkyl halides is 1. The van der Waals surface area contributed by atoms with E-state index < -0.39 is 5.79 Å². The van der Waals surface area contributed by atoms with Crippen LogP contribution in [0.5, 0.6) is 0 Å². The van der Waals surface area contributed by atoms with Gasteiger partial charge in [0.2, 0.25) is 5.91 Å². The van der Waals surface area contributed by atoms with Crippen LogP contribution in [0.25, 0.3) is 0 Å². The van der Waals surface area contributed by atoms with Gasteiger partial charge in [0.05, 0.1) is 35.7 Å². The Hall–Kier alpha value is -1.18. The van der Waals surface area contributed by atoms with Crippen molar-refractivity contribution in [3.63, 3.8) is 0 Å². The van der Waals surface area contributed by atoms with Gasteiger partial charge < -0.3 is 14.8 Å². The summed E-state index contributed by atoms with van der Waals surface area (Å²) in [6, 6.07) is 7.59. The van der Waals surface area contributed by atoms with Crippen molar-refractivity contribution in [2.45, 2.75) is 32.2 Å². The van der Waals surface area contributed by atoms with Crippen LogP contribution in [0.3, 0.4) is 0 Å². The standard InChI is InChI=1S/C17H18Cl2N2O3S/c1-10-15(19)16(25-21-10)20-14(22)7-11-3-5-12(6-4-11)17(2)23-9-13(8-18)24-17/h3-6,13H,7-9H2,1-2H3,(H,20,22). The predicted octanol–water partition coefficient (Wildman–Crippen LogP) is 4.11. The Bertz CT molecular complexity index is 766. The minimum absolute atomic E-state index is 0.107. The average Bonchev–Trinajstić information content (AvgIpc) is 3.14. The van der Waals surface area contributed by atoms with Gasteiger partial charge in [-0.25, -0.2) is 0 Å². The number of benzene rings is 1. The lowest BCUT2D eigenvalue weighted by Gasteiger charge is -2.23. The molecule has 2 atom stereocenters. The fourth-order valence-electron chi connectivity index (χ4n) is 2.58. The van der Waals surface area contributed by atoms with E-state index in [1.807, 2.05) is 31.2 Å². The second kappa shape index (κ2) is 7.60. The maximum atomic E-state index is 12.2. The van der Waals surface area contributed by atoms with E-state index in [0.29, 0.717) is 28.2 Å². The molecule has 2 unspecified atom stereocenters. The van der Waals surface area contributed by atoms with E-state index in [9.17, 15) is 4.79 Å². The number of hydrogen-bond acceptors (Lipinski definition) is 5. The van der Waals surface area contributed by atoms with E-state index in [1.54, 1.807) is 6.92 Å². The van der Waals surface area contributed by atoms with Crippen molar-refractivity contribution >= 4 is 45.6 Å². The average molecular weight is 401 g/mol. The smallest absolute Gasteiger partial charge is 0.229 e. The lowest BCUT2D eigenvalue weighted by Crippen LogP contribution is -2.24. The number of carbonyl (C=O) groups is 1. The third kappa shape index (κ3) is 4.15. The van der Waals surface area contributed by atoms with E-state index in [-0.39, 0.29) is 18.4 Å². The van der Waals surface area contributed by atoms with E-state index in [4.69, 9.17) is 32.7 Å². The molecule has 8 heteroatoms. The van der Waals surface area contributed by atoms with Gasteiger partial charge in [-0.05, 0) is 30.9 Å². The van der Waals surface area contributed by atoms with Crippen LogP contribution < -0.4 is 5.32 Å². The molecule has 25 heavy (non-hydrogen) atoms. The zero-order valence-corrected chi connectivity index (χ0v) is 16.2. The Morgan fingerprint density at radius 1 is 1.44 bits per heavy atom. The maximum Gasteiger partial charge on any atom is 0.229 e. The van der Waals surface area contributed by atoms with Gasteiger partial charge in [0.25, 0.3) is 0 Å². The Morgan fingerprint density at radius 3 is 2.72 bits per heavy atom. The van der Waals surface area contributed by atoms with Gasteiger partial charge in [0.1, 0.15) is 5.00 Å². The van der Waals surface area contributed by atoms with Crippen LogP contribution in [0.2, 0.25) is 5.02 Å². The monoisotopic (exact) mass is 400 g/mol. The van der Waals surface area contributed by atoms with Crippen molar-refractivity contribution in [1.82, 2.24) is 4.37 Å². The largest absolute Gasteiger partial charge is 0.343 e. The number of amides is 1. The van der Waals surface area contributed by atoms with Crippen LogP contribution in [0.1, 0.15) is 23.7 Å². The van der Waals surface area contributed by atoms with Gasteiger partial charge in [-0.3, -0.25) is 4.79 Å². The highest BCUT2D eigenvalue weighted by Gasteiger charge is 2.38. The molecule has 0 aliphatic carbocycles. The van der Waals surface area contributed by atoms with E-state index in [0.717, 1.165) is 11.1 Å². The third-order valence-electron chi connectivity index (χ3n) is 4.00. The Labute approximate surface area is 160 Å². The molecule has 0 bridgehead atoms. The number of ether oxygens (including phenoxy) is 2. The van der Waals surface area contributed by atoms with Crippen molar-refractivity contribution in [3.8, 4) is 0 Å². The van der Waals surface area contributed by atoms with Crippen molar-refractivity contribution in [2.24, 2.45) is 0 Å². The summed E-state index contributed by atoms with van der Waals surface area (Å²) in [5, 5.41) is 3.86. The van der Waals surface area contributed by atoms with Gasteiger partial charge in [0.15, 0.2) is 5.79 Å². The molecule has 1 aliphatic rings. The first-order chi connectivity index (χ1) is 11.9. The molecule has 2 aromatic rings. The quantitative estimate of drug-likeness (QED) is 0.766. The van der Waals surface area contributed by atoms with Crippen molar-refractivity contribution in [3.05, 3.63) is 46.1 Å². The van der Waals surface area contributed by atoms with Crippen molar-refractivity contribution in [1.29, 1.82) is 0 Å². The van der Waals surface area contributed by atoms with Gasteiger partial charge in [-0.2, -0.15) is 4.37 Å². The molecule has 0 spiro atoms. The lowest BCUT2D eigenvalue weighted by molar-refractivity contribution is -0.159. The first kappa shape index (κ1) is 18.6. The molecule has 0 radical (unpaired) electrons. The summed E-state index contributed by atoms with van der Waals surface area (Å²) < 4.78 is 15.7. The second-order valence-corrected chi connectivity index (χ2v) is 7.44. The minimum atomic E-state index is -0.798. The Balaban J connectivity index is 1.63. The first-order valence-electron chi connectivity index (χ1n) is 7.80. The number of carbonyl (C=O) groups excluding carboxylic acids is 1. The number of rotatable bonds is 5. The first-order valence-corrected chi connectivity index (χ1v) is 9.48. The number of halogens is 2. The van der Waals surface area contributed by atoms with Gasteiger partial charge >= 0.3 is 0 Å². The molecule has 1 amide bonds. The molecule has 1 N–H and O–H groups in total. The van der Waals surface area contributed by atoms with Crippen LogP contribution in [0.15, 0.2) is 24.3 Å². The topological polar surface area (TPSA) is 60.5 Å². The summed E-state index contributed by atoms with van der Waals surface area (Å²) in [6.07, 6.45) is 0.140. The molecule has 1 aromatic carbocycles. The highest BCUT2D eigenvalue weighted by atomic mass is 35.5. The van der Waals surface area contributed by atoms with E-state index in [2.05, 4.69) is 9.69 Å². The van der Waals surface area contributed by atoms with Crippen LogP contribution in [-0.4, -0.2) is 28.9 Å². The fraction of sp³-hybridized carbons (Fsp3) is 0.412. The summed E-state index contributed by atoms with van der Waals surface area (Å²) in [6.45, 7) is 4.14. The molecule has 134 valence electrons. The highest BCUT2D eigenvalue weighted by Crippen LogP contribution is 2.34. The molecule has 0 saturated carbocycles. The van der Waals surface area contributed by atoms with Crippen LogP contribution in [-0.2, 0) is 26.5 Å². The molecule has 1 aromatic heterocycles. The van der Waals surface area contributed by atoms with Crippen LogP contribution in [0.4, 0.5) is 5.00 Å². The molecule has 1 saturated heterocycles. The summed E-state index contributed by atoms with van der Waals surface area (Å²) >= 11 is 13.1. The summed E-state index contributed by atoms with van der Waals surface area (Å²) in [7, 11) is 0. The third-order valence-corrected chi connectivity index (χ3v) is 5.77. The predicted molar refractivity (Wildman–Crippen MR) is 99.5 cm³/mol. The highest BCUT2D eigenvalue weighted by molar-refractivity contribution is 7.11.